The first-order chi connectivity index (χ1) is 11.6. The van der Waals surface area contributed by atoms with Crippen LogP contribution in [0, 0.1) is 0 Å². The Bertz CT molecular complexity index is 710. The van der Waals surface area contributed by atoms with Gasteiger partial charge in [-0.15, -0.1) is 0 Å². The van der Waals surface area contributed by atoms with E-state index in [4.69, 9.17) is 0 Å². The molecule has 0 fully saturated rings. The van der Waals surface area contributed by atoms with Crippen LogP contribution in [0.15, 0.2) is 54.6 Å². The molecule has 0 unspecified atom stereocenters. The maximum absolute atomic E-state index is 12.3. The average molecular weight is 324 g/mol. The molecule has 5 heteroatoms. The summed E-state index contributed by atoms with van der Waals surface area (Å²) < 4.78 is 0. The zero-order valence-corrected chi connectivity index (χ0v) is 13.6. The molecule has 0 aromatic heterocycles. The molecule has 5 nitrogen and oxygen atoms in total. The van der Waals surface area contributed by atoms with Crippen LogP contribution in [-0.4, -0.2) is 53.0 Å². The molecule has 1 aliphatic rings. The van der Waals surface area contributed by atoms with Gasteiger partial charge in [0.2, 0.25) is 0 Å². The largest absolute Gasteiger partial charge is 0.390 e. The summed E-state index contributed by atoms with van der Waals surface area (Å²) in [6.07, 6.45) is -0.791. The lowest BCUT2D eigenvalue weighted by Gasteiger charge is -2.23. The molecule has 1 atom stereocenters. The summed E-state index contributed by atoms with van der Waals surface area (Å²) >= 11 is 0. The minimum Gasteiger partial charge on any atom is -0.390 e. The second-order valence-electron chi connectivity index (χ2n) is 6.10. The van der Waals surface area contributed by atoms with Gasteiger partial charge in [-0.05, 0) is 24.7 Å². The maximum Gasteiger partial charge on any atom is 0.261 e. The van der Waals surface area contributed by atoms with Crippen LogP contribution < -0.4 is 0 Å². The summed E-state index contributed by atoms with van der Waals surface area (Å²) in [5.41, 5.74) is 1.97. The molecule has 1 N–H and O–H groups in total. The van der Waals surface area contributed by atoms with Gasteiger partial charge in [-0.3, -0.25) is 19.4 Å². The highest BCUT2D eigenvalue weighted by atomic mass is 16.3. The van der Waals surface area contributed by atoms with Crippen LogP contribution in [0.3, 0.4) is 0 Å². The summed E-state index contributed by atoms with van der Waals surface area (Å²) in [4.78, 5) is 27.7. The Morgan fingerprint density at radius 2 is 1.50 bits per heavy atom. The number of hydrogen-bond donors (Lipinski definition) is 1. The Morgan fingerprint density at radius 1 is 0.958 bits per heavy atom. The van der Waals surface area contributed by atoms with Gasteiger partial charge in [0.1, 0.15) is 0 Å². The number of carbonyl (C=O) groups is 2. The van der Waals surface area contributed by atoms with Crippen LogP contribution in [0.5, 0.6) is 0 Å². The van der Waals surface area contributed by atoms with E-state index in [1.54, 1.807) is 24.3 Å². The van der Waals surface area contributed by atoms with E-state index < -0.39 is 6.10 Å². The van der Waals surface area contributed by atoms with Crippen LogP contribution in [0.2, 0.25) is 0 Å². The van der Waals surface area contributed by atoms with E-state index in [9.17, 15) is 14.7 Å². The van der Waals surface area contributed by atoms with Gasteiger partial charge >= 0.3 is 0 Å². The fourth-order valence-electron chi connectivity index (χ4n) is 2.99. The Hall–Kier alpha value is -2.50. The number of imide groups is 1. The standard InChI is InChI=1S/C19H20N2O3/c1-20(11-14-7-3-2-4-8-14)12-15(22)13-21-18(23)16-9-5-6-10-17(16)19(21)24/h2-10,15,22H,11-13H2,1H3/t15-/m1/s1. The van der Waals surface area contributed by atoms with Gasteiger partial charge in [0.05, 0.1) is 23.8 Å². The SMILES string of the molecule is CN(Cc1ccccc1)C[C@@H](O)CN1C(=O)c2ccccc2C1=O. The van der Waals surface area contributed by atoms with Crippen molar-refractivity contribution in [3.05, 3.63) is 71.3 Å². The highest BCUT2D eigenvalue weighted by Gasteiger charge is 2.36. The van der Waals surface area contributed by atoms with Crippen molar-refractivity contribution in [1.29, 1.82) is 0 Å². The minimum absolute atomic E-state index is 0.00543. The van der Waals surface area contributed by atoms with Gasteiger partial charge in [-0.1, -0.05) is 42.5 Å². The fraction of sp³-hybridized carbons (Fsp3) is 0.263. The smallest absolute Gasteiger partial charge is 0.261 e. The molecule has 124 valence electrons. The van der Waals surface area contributed by atoms with Crippen LogP contribution in [0.1, 0.15) is 26.3 Å². The van der Waals surface area contributed by atoms with Crippen molar-refractivity contribution in [3.8, 4) is 0 Å². The zero-order valence-electron chi connectivity index (χ0n) is 13.6. The second kappa shape index (κ2) is 6.95. The number of benzene rings is 2. The van der Waals surface area contributed by atoms with E-state index in [1.807, 2.05) is 42.3 Å². The molecule has 0 aliphatic carbocycles. The molecule has 1 aliphatic heterocycles. The zero-order chi connectivity index (χ0) is 17.1. The molecular formula is C19H20N2O3. The number of hydrogen-bond acceptors (Lipinski definition) is 4. The molecule has 1 heterocycles. The summed E-state index contributed by atoms with van der Waals surface area (Å²) in [5, 5.41) is 10.3. The van der Waals surface area contributed by atoms with Crippen LogP contribution in [-0.2, 0) is 6.54 Å². The Labute approximate surface area is 141 Å². The van der Waals surface area contributed by atoms with Gasteiger partial charge in [0, 0.05) is 13.1 Å². The molecule has 2 aromatic carbocycles. The van der Waals surface area contributed by atoms with Gasteiger partial charge in [0.15, 0.2) is 0 Å². The quantitative estimate of drug-likeness (QED) is 0.823. The van der Waals surface area contributed by atoms with Gasteiger partial charge in [0.25, 0.3) is 11.8 Å². The van der Waals surface area contributed by atoms with Gasteiger partial charge in [-0.2, -0.15) is 0 Å². The Kier molecular flexibility index (Phi) is 4.74. The van der Waals surface area contributed by atoms with Crippen molar-refractivity contribution in [1.82, 2.24) is 9.80 Å². The van der Waals surface area contributed by atoms with Crippen molar-refractivity contribution in [2.75, 3.05) is 20.1 Å². The molecule has 0 radical (unpaired) electrons. The summed E-state index contributed by atoms with van der Waals surface area (Å²) in [6, 6.07) is 16.7. The van der Waals surface area contributed by atoms with Crippen LogP contribution in [0.4, 0.5) is 0 Å². The molecule has 2 aromatic rings. The van der Waals surface area contributed by atoms with E-state index >= 15 is 0 Å². The maximum atomic E-state index is 12.3. The van der Waals surface area contributed by atoms with Crippen LogP contribution in [0.25, 0.3) is 0 Å². The number of aliphatic hydroxyl groups excluding tert-OH is 1. The number of carbonyl (C=O) groups excluding carboxylic acids is 2. The molecule has 3 rings (SSSR count). The van der Waals surface area contributed by atoms with Crippen molar-refractivity contribution < 1.29 is 14.7 Å². The van der Waals surface area contributed by atoms with E-state index in [1.165, 1.54) is 0 Å². The fourth-order valence-corrected chi connectivity index (χ4v) is 2.99. The van der Waals surface area contributed by atoms with Gasteiger partial charge in [-0.25, -0.2) is 0 Å². The predicted molar refractivity (Wildman–Crippen MR) is 90.6 cm³/mol. The molecule has 0 saturated carbocycles. The molecule has 2 amide bonds. The topological polar surface area (TPSA) is 60.9 Å². The third kappa shape index (κ3) is 3.37. The number of fused-ring (bicyclic) bond motifs is 1. The normalized spacial score (nSPS) is 15.0. The first-order valence-corrected chi connectivity index (χ1v) is 7.92. The van der Waals surface area contributed by atoms with E-state index in [2.05, 4.69) is 0 Å². The average Bonchev–Trinajstić information content (AvgIpc) is 2.81. The minimum atomic E-state index is -0.791. The number of rotatable bonds is 6. The monoisotopic (exact) mass is 324 g/mol. The van der Waals surface area contributed by atoms with Crippen LogP contribution >= 0.6 is 0 Å². The highest BCUT2D eigenvalue weighted by molar-refractivity contribution is 6.21. The summed E-state index contributed by atoms with van der Waals surface area (Å²) in [6.45, 7) is 1.08. The molecule has 0 saturated heterocycles. The Morgan fingerprint density at radius 3 is 2.08 bits per heavy atom. The Balaban J connectivity index is 1.58. The number of nitrogens with zero attached hydrogens (tertiary/aromatic N) is 2. The lowest BCUT2D eigenvalue weighted by Crippen LogP contribution is -2.41. The number of likely N-dealkylation sites (N-methyl/N-ethyl adjacent to an activating group) is 1. The molecule has 0 spiro atoms. The predicted octanol–water partition coefficient (Wildman–Crippen LogP) is 1.78. The molecule has 0 bridgehead atoms. The molecule has 24 heavy (non-hydrogen) atoms. The lowest BCUT2D eigenvalue weighted by atomic mass is 10.1. The number of β-amino-alcohol motifs (C(OH)–C–C–N with tert-alkyl or cyclic N) is 1. The first kappa shape index (κ1) is 16.4. The van der Waals surface area contributed by atoms with Crippen molar-refractivity contribution in [2.45, 2.75) is 12.6 Å². The first-order valence-electron chi connectivity index (χ1n) is 7.92. The number of amides is 2. The van der Waals surface area contributed by atoms with Crippen molar-refractivity contribution in [3.63, 3.8) is 0 Å². The third-order valence-electron chi connectivity index (χ3n) is 4.09. The van der Waals surface area contributed by atoms with E-state index in [0.29, 0.717) is 24.2 Å². The second-order valence-corrected chi connectivity index (χ2v) is 6.10. The third-order valence-corrected chi connectivity index (χ3v) is 4.09. The number of aliphatic hydroxyl groups is 1. The summed E-state index contributed by atoms with van der Waals surface area (Å²) in [7, 11) is 1.90. The molecular weight excluding hydrogens is 304 g/mol. The van der Waals surface area contributed by atoms with E-state index in [-0.39, 0.29) is 18.4 Å². The highest BCUT2D eigenvalue weighted by Crippen LogP contribution is 2.22. The van der Waals surface area contributed by atoms with Gasteiger partial charge < -0.3 is 5.11 Å². The lowest BCUT2D eigenvalue weighted by molar-refractivity contribution is 0.0488. The van der Waals surface area contributed by atoms with Crippen molar-refractivity contribution in [2.24, 2.45) is 0 Å². The van der Waals surface area contributed by atoms with Crippen molar-refractivity contribution >= 4 is 11.8 Å². The van der Waals surface area contributed by atoms with E-state index in [0.717, 1.165) is 10.5 Å². The summed E-state index contributed by atoms with van der Waals surface area (Å²) in [5.74, 6) is -0.666.